The number of hydrogen-bond donors (Lipinski definition) is 0. The molecule has 1 fully saturated rings. The summed E-state index contributed by atoms with van der Waals surface area (Å²) in [5.41, 5.74) is -0.157. The van der Waals surface area contributed by atoms with Crippen LogP contribution in [0.5, 0.6) is 0 Å². The number of benzene rings is 1. The number of morpholine rings is 1. The summed E-state index contributed by atoms with van der Waals surface area (Å²) in [4.78, 5) is 10.5. The van der Waals surface area contributed by atoms with Crippen molar-refractivity contribution < 1.29 is 17.9 Å². The van der Waals surface area contributed by atoms with Crippen LogP contribution >= 0.6 is 11.6 Å². The van der Waals surface area contributed by atoms with Crippen molar-refractivity contribution >= 4 is 28.5 Å². The first-order chi connectivity index (χ1) is 12.4. The Hall–Kier alpha value is -2.39. The van der Waals surface area contributed by atoms with Crippen LogP contribution in [0.2, 0.25) is 5.28 Å². The maximum Gasteiger partial charge on any atom is 0.416 e. The molecule has 1 aliphatic rings. The van der Waals surface area contributed by atoms with Crippen molar-refractivity contribution in [3.05, 3.63) is 41.3 Å². The van der Waals surface area contributed by atoms with E-state index < -0.39 is 11.7 Å². The van der Waals surface area contributed by atoms with Gasteiger partial charge in [-0.25, -0.2) is 4.68 Å². The van der Waals surface area contributed by atoms with E-state index in [1.165, 1.54) is 23.0 Å². The van der Waals surface area contributed by atoms with Crippen LogP contribution in [0.25, 0.3) is 16.7 Å². The van der Waals surface area contributed by atoms with Crippen molar-refractivity contribution in [2.45, 2.75) is 6.18 Å². The number of anilines is 1. The Morgan fingerprint density at radius 2 is 1.88 bits per heavy atom. The van der Waals surface area contributed by atoms with Crippen molar-refractivity contribution in [2.75, 3.05) is 31.2 Å². The molecule has 26 heavy (non-hydrogen) atoms. The highest BCUT2D eigenvalue weighted by molar-refractivity contribution is 6.28. The van der Waals surface area contributed by atoms with Crippen LogP contribution in [0.15, 0.2) is 30.5 Å². The van der Waals surface area contributed by atoms with Gasteiger partial charge >= 0.3 is 6.18 Å². The summed E-state index contributed by atoms with van der Waals surface area (Å²) >= 11 is 6.06. The SMILES string of the molecule is FC(F)(F)c1cccc(-n2ncc3c(N4CCOCC4)nc(Cl)nc32)c1. The van der Waals surface area contributed by atoms with E-state index in [-0.39, 0.29) is 11.0 Å². The van der Waals surface area contributed by atoms with Crippen LogP contribution in [0.1, 0.15) is 5.56 Å². The van der Waals surface area contributed by atoms with E-state index in [0.29, 0.717) is 43.2 Å². The van der Waals surface area contributed by atoms with Crippen molar-refractivity contribution in [2.24, 2.45) is 0 Å². The number of aromatic nitrogens is 4. The molecule has 0 unspecified atom stereocenters. The van der Waals surface area contributed by atoms with Gasteiger partial charge in [-0.1, -0.05) is 6.07 Å². The van der Waals surface area contributed by atoms with Gasteiger partial charge in [0.25, 0.3) is 0 Å². The van der Waals surface area contributed by atoms with Crippen molar-refractivity contribution in [1.82, 2.24) is 19.7 Å². The molecule has 0 aliphatic carbocycles. The third kappa shape index (κ3) is 3.08. The average Bonchev–Trinajstić information content (AvgIpc) is 3.05. The number of nitrogens with zero attached hydrogens (tertiary/aromatic N) is 5. The van der Waals surface area contributed by atoms with Crippen LogP contribution < -0.4 is 4.90 Å². The summed E-state index contributed by atoms with van der Waals surface area (Å²) < 4.78 is 45.7. The lowest BCUT2D eigenvalue weighted by Gasteiger charge is -2.28. The average molecular weight is 384 g/mol. The third-order valence-electron chi connectivity index (χ3n) is 4.11. The van der Waals surface area contributed by atoms with Gasteiger partial charge in [-0.15, -0.1) is 0 Å². The monoisotopic (exact) mass is 383 g/mol. The molecule has 136 valence electrons. The minimum atomic E-state index is -4.44. The smallest absolute Gasteiger partial charge is 0.378 e. The molecule has 0 amide bonds. The summed E-state index contributed by atoms with van der Waals surface area (Å²) in [6, 6.07) is 4.90. The lowest BCUT2D eigenvalue weighted by Crippen LogP contribution is -2.36. The van der Waals surface area contributed by atoms with Crippen LogP contribution in [0.3, 0.4) is 0 Å². The predicted octanol–water partition coefficient (Wildman–Crippen LogP) is 3.32. The lowest BCUT2D eigenvalue weighted by molar-refractivity contribution is -0.137. The van der Waals surface area contributed by atoms with E-state index in [9.17, 15) is 13.2 Å². The molecule has 6 nitrogen and oxygen atoms in total. The summed E-state index contributed by atoms with van der Waals surface area (Å²) in [6.45, 7) is 2.39. The minimum absolute atomic E-state index is 0.00715. The molecule has 0 saturated carbocycles. The van der Waals surface area contributed by atoms with Gasteiger partial charge in [-0.3, -0.25) is 0 Å². The maximum atomic E-state index is 13.0. The molecule has 0 spiro atoms. The quantitative estimate of drug-likeness (QED) is 0.635. The highest BCUT2D eigenvalue weighted by Gasteiger charge is 2.31. The minimum Gasteiger partial charge on any atom is -0.378 e. The van der Waals surface area contributed by atoms with Gasteiger partial charge in [0.05, 0.1) is 36.0 Å². The Morgan fingerprint density at radius 1 is 1.12 bits per heavy atom. The third-order valence-corrected chi connectivity index (χ3v) is 4.28. The molecule has 4 rings (SSSR count). The van der Waals surface area contributed by atoms with Crippen LogP contribution in [0.4, 0.5) is 19.0 Å². The standard InChI is InChI=1S/C16H13ClF3N5O/c17-15-22-13(24-4-6-26-7-5-24)12-9-21-25(14(12)23-15)11-3-1-2-10(8-11)16(18,19)20/h1-3,8-9H,4-7H2. The van der Waals surface area contributed by atoms with Gasteiger partial charge in [-0.2, -0.15) is 28.2 Å². The lowest BCUT2D eigenvalue weighted by atomic mass is 10.2. The number of rotatable bonds is 2. The zero-order chi connectivity index (χ0) is 18.3. The number of alkyl halides is 3. The molecule has 0 atom stereocenters. The Kier molecular flexibility index (Phi) is 4.20. The summed E-state index contributed by atoms with van der Waals surface area (Å²) in [5, 5.41) is 4.84. The van der Waals surface area contributed by atoms with E-state index in [1.807, 2.05) is 4.90 Å². The highest BCUT2D eigenvalue weighted by Crippen LogP contribution is 2.32. The van der Waals surface area contributed by atoms with E-state index >= 15 is 0 Å². The molecule has 0 N–H and O–H groups in total. The molecule has 1 aromatic carbocycles. The molecule has 1 aliphatic heterocycles. The van der Waals surface area contributed by atoms with E-state index in [1.54, 1.807) is 0 Å². The molecule has 0 radical (unpaired) electrons. The van der Waals surface area contributed by atoms with Gasteiger partial charge in [-0.05, 0) is 29.8 Å². The molecule has 0 bridgehead atoms. The molecule has 3 heterocycles. The fourth-order valence-corrected chi connectivity index (χ4v) is 3.05. The Balaban J connectivity index is 1.84. The van der Waals surface area contributed by atoms with Crippen LogP contribution in [0, 0.1) is 0 Å². The van der Waals surface area contributed by atoms with E-state index in [2.05, 4.69) is 15.1 Å². The largest absolute Gasteiger partial charge is 0.416 e. The first-order valence-corrected chi connectivity index (χ1v) is 8.23. The van der Waals surface area contributed by atoms with Gasteiger partial charge in [0.2, 0.25) is 5.28 Å². The van der Waals surface area contributed by atoms with E-state index in [0.717, 1.165) is 12.1 Å². The molecular weight excluding hydrogens is 371 g/mol. The first kappa shape index (κ1) is 17.0. The molecular formula is C16H13ClF3N5O. The second kappa shape index (κ2) is 6.40. The first-order valence-electron chi connectivity index (χ1n) is 7.85. The van der Waals surface area contributed by atoms with Gasteiger partial charge in [0, 0.05) is 13.1 Å². The molecule has 1 saturated heterocycles. The van der Waals surface area contributed by atoms with Gasteiger partial charge < -0.3 is 9.64 Å². The topological polar surface area (TPSA) is 56.1 Å². The number of fused-ring (bicyclic) bond motifs is 1. The second-order valence-electron chi connectivity index (χ2n) is 5.76. The van der Waals surface area contributed by atoms with Crippen molar-refractivity contribution in [3.63, 3.8) is 0 Å². The maximum absolute atomic E-state index is 13.0. The van der Waals surface area contributed by atoms with Crippen molar-refractivity contribution in [1.29, 1.82) is 0 Å². The Bertz CT molecular complexity index is 953. The zero-order valence-corrected chi connectivity index (χ0v) is 14.1. The second-order valence-corrected chi connectivity index (χ2v) is 6.10. The highest BCUT2D eigenvalue weighted by atomic mass is 35.5. The van der Waals surface area contributed by atoms with Gasteiger partial charge in [0.1, 0.15) is 5.82 Å². The summed E-state index contributed by atoms with van der Waals surface area (Å²) in [5.74, 6) is 0.599. The molecule has 3 aromatic rings. The Morgan fingerprint density at radius 3 is 2.62 bits per heavy atom. The van der Waals surface area contributed by atoms with Crippen molar-refractivity contribution in [3.8, 4) is 5.69 Å². The van der Waals surface area contributed by atoms with Gasteiger partial charge in [0.15, 0.2) is 5.65 Å². The Labute approximate surface area is 151 Å². The number of hydrogen-bond acceptors (Lipinski definition) is 5. The fourth-order valence-electron chi connectivity index (χ4n) is 2.89. The van der Waals surface area contributed by atoms with E-state index in [4.69, 9.17) is 16.3 Å². The summed E-state index contributed by atoms with van der Waals surface area (Å²) in [6.07, 6.45) is -2.90. The molecule has 2 aromatic heterocycles. The van der Waals surface area contributed by atoms with Crippen LogP contribution in [-0.2, 0) is 10.9 Å². The summed E-state index contributed by atoms with van der Waals surface area (Å²) in [7, 11) is 0. The van der Waals surface area contributed by atoms with Crippen LogP contribution in [-0.4, -0.2) is 46.1 Å². The fraction of sp³-hybridized carbons (Fsp3) is 0.312. The predicted molar refractivity (Wildman–Crippen MR) is 89.7 cm³/mol. The normalized spacial score (nSPS) is 15.6. The number of ether oxygens (including phenoxy) is 1. The number of halogens is 4. The zero-order valence-electron chi connectivity index (χ0n) is 13.4. The molecule has 10 heteroatoms.